The zero-order valence-electron chi connectivity index (χ0n) is 17.0. The molecule has 3 heterocycles. The zero-order valence-corrected chi connectivity index (χ0v) is 17.8. The van der Waals surface area contributed by atoms with E-state index in [1.807, 2.05) is 0 Å². The number of benzene rings is 1. The van der Waals surface area contributed by atoms with Gasteiger partial charge in [0.1, 0.15) is 5.65 Å². The summed E-state index contributed by atoms with van der Waals surface area (Å²) in [6.07, 6.45) is -1.41. The van der Waals surface area contributed by atoms with Gasteiger partial charge in [-0.05, 0) is 43.0 Å². The molecule has 3 aromatic heterocycles. The minimum Gasteiger partial charge on any atom is -0.457 e. The highest BCUT2D eigenvalue weighted by molar-refractivity contribution is 7.92. The third kappa shape index (κ3) is 4.70. The van der Waals surface area contributed by atoms with E-state index in [0.29, 0.717) is 11.2 Å². The molecule has 1 unspecified atom stereocenters. The molecule has 172 valence electrons. The van der Waals surface area contributed by atoms with Gasteiger partial charge in [-0.3, -0.25) is 4.72 Å². The van der Waals surface area contributed by atoms with Crippen molar-refractivity contribution >= 4 is 32.5 Å². The summed E-state index contributed by atoms with van der Waals surface area (Å²) < 4.78 is 76.3. The smallest absolute Gasteiger partial charge is 0.429 e. The first kappa shape index (κ1) is 21.4. The Kier molecular flexibility index (Phi) is 5.11. The molecule has 0 spiro atoms. The molecular weight excluding hydrogens is 459 g/mol. The molecule has 1 atom stereocenters. The van der Waals surface area contributed by atoms with Gasteiger partial charge in [0.15, 0.2) is 0 Å². The molecule has 1 N–H and O–H groups in total. The van der Waals surface area contributed by atoms with Gasteiger partial charge in [0.2, 0.25) is 21.9 Å². The van der Waals surface area contributed by atoms with Crippen LogP contribution < -0.4 is 9.46 Å². The van der Waals surface area contributed by atoms with E-state index in [0.717, 1.165) is 12.8 Å². The fraction of sp³-hybridized carbons (Fsp3) is 0.286. The van der Waals surface area contributed by atoms with Crippen LogP contribution in [0, 0.1) is 5.92 Å². The Labute approximate surface area is 186 Å². The molecule has 8 nitrogen and oxygen atoms in total. The number of para-hydroxylation sites is 2. The van der Waals surface area contributed by atoms with E-state index in [9.17, 15) is 21.6 Å². The highest BCUT2D eigenvalue weighted by Gasteiger charge is 2.44. The summed E-state index contributed by atoms with van der Waals surface area (Å²) in [5.74, 6) is -1.04. The molecule has 0 bridgehead atoms. The van der Waals surface area contributed by atoms with Crippen LogP contribution in [0.1, 0.15) is 24.5 Å². The molecule has 4 aromatic rings. The Morgan fingerprint density at radius 3 is 2.55 bits per heavy atom. The second-order valence-electron chi connectivity index (χ2n) is 7.89. The minimum absolute atomic E-state index is 0.0325. The molecular formula is C21H18F3N5O3S. The monoisotopic (exact) mass is 477 g/mol. The van der Waals surface area contributed by atoms with E-state index >= 15 is 0 Å². The van der Waals surface area contributed by atoms with Gasteiger partial charge in [0, 0.05) is 24.2 Å². The first-order chi connectivity index (χ1) is 15.7. The van der Waals surface area contributed by atoms with Crippen LogP contribution in [-0.2, 0) is 10.0 Å². The zero-order chi connectivity index (χ0) is 23.2. The Hall–Kier alpha value is -3.41. The summed E-state index contributed by atoms with van der Waals surface area (Å²) in [6, 6.07) is 9.14. The van der Waals surface area contributed by atoms with E-state index in [1.54, 1.807) is 24.3 Å². The van der Waals surface area contributed by atoms with Crippen LogP contribution in [0.25, 0.3) is 16.7 Å². The number of nitrogens with one attached hydrogen (secondary N) is 1. The number of anilines is 1. The number of alkyl halides is 3. The topological polar surface area (TPSA) is 98.5 Å². The summed E-state index contributed by atoms with van der Waals surface area (Å²) >= 11 is 0. The molecule has 1 aliphatic rings. The predicted molar refractivity (Wildman–Crippen MR) is 114 cm³/mol. The van der Waals surface area contributed by atoms with Gasteiger partial charge in [0.25, 0.3) is 5.88 Å². The largest absolute Gasteiger partial charge is 0.457 e. The predicted octanol–water partition coefficient (Wildman–Crippen LogP) is 4.11. The van der Waals surface area contributed by atoms with Crippen LogP contribution in [0.3, 0.4) is 0 Å². The van der Waals surface area contributed by atoms with Crippen molar-refractivity contribution in [2.24, 2.45) is 5.92 Å². The maximum Gasteiger partial charge on any atom is 0.429 e. The molecule has 1 aromatic carbocycles. The quantitative estimate of drug-likeness (QED) is 0.430. The lowest BCUT2D eigenvalue weighted by molar-refractivity contribution is -0.198. The van der Waals surface area contributed by atoms with E-state index in [1.165, 1.54) is 35.1 Å². The van der Waals surface area contributed by atoms with Crippen molar-refractivity contribution in [3.8, 4) is 5.88 Å². The lowest BCUT2D eigenvalue weighted by Gasteiger charge is -2.23. The van der Waals surface area contributed by atoms with Gasteiger partial charge in [-0.1, -0.05) is 12.1 Å². The number of sulfonamides is 1. The number of fused-ring (bicyclic) bond motifs is 2. The van der Waals surface area contributed by atoms with Gasteiger partial charge in [-0.15, -0.1) is 0 Å². The highest BCUT2D eigenvalue weighted by Crippen LogP contribution is 2.39. The second kappa shape index (κ2) is 7.87. The van der Waals surface area contributed by atoms with Crippen molar-refractivity contribution in [2.45, 2.75) is 25.1 Å². The average molecular weight is 477 g/mol. The van der Waals surface area contributed by atoms with Crippen LogP contribution in [0.15, 0.2) is 55.0 Å². The van der Waals surface area contributed by atoms with Crippen molar-refractivity contribution in [1.29, 1.82) is 0 Å². The van der Waals surface area contributed by atoms with E-state index in [4.69, 9.17) is 4.74 Å². The fourth-order valence-corrected chi connectivity index (χ4v) is 4.91. The number of nitrogens with zero attached hydrogens (tertiary/aromatic N) is 4. The van der Waals surface area contributed by atoms with Gasteiger partial charge < -0.3 is 9.14 Å². The van der Waals surface area contributed by atoms with E-state index in [-0.39, 0.29) is 28.6 Å². The van der Waals surface area contributed by atoms with Crippen molar-refractivity contribution < 1.29 is 26.3 Å². The Morgan fingerprint density at radius 1 is 1.12 bits per heavy atom. The summed E-state index contributed by atoms with van der Waals surface area (Å²) in [4.78, 5) is 12.4. The summed E-state index contributed by atoms with van der Waals surface area (Å²) in [5, 5.41) is 0. The number of imidazole rings is 1. The first-order valence-corrected chi connectivity index (χ1v) is 11.8. The molecule has 33 heavy (non-hydrogen) atoms. The Balaban J connectivity index is 1.57. The number of ether oxygens (including phenoxy) is 1. The molecule has 1 aliphatic carbocycles. The van der Waals surface area contributed by atoms with Crippen LogP contribution in [0.2, 0.25) is 0 Å². The molecule has 0 radical (unpaired) electrons. The van der Waals surface area contributed by atoms with Gasteiger partial charge in [0.05, 0.1) is 16.8 Å². The van der Waals surface area contributed by atoms with Gasteiger partial charge >= 0.3 is 6.18 Å². The molecule has 12 heteroatoms. The van der Waals surface area contributed by atoms with Crippen molar-refractivity contribution in [3.63, 3.8) is 0 Å². The number of hydrogen-bond donors (Lipinski definition) is 1. The Morgan fingerprint density at radius 2 is 1.85 bits per heavy atom. The number of halogens is 3. The second-order valence-corrected chi connectivity index (χ2v) is 9.65. The third-order valence-corrected chi connectivity index (χ3v) is 6.60. The molecule has 0 saturated heterocycles. The molecule has 0 aliphatic heterocycles. The van der Waals surface area contributed by atoms with E-state index < -0.39 is 28.2 Å². The maximum atomic E-state index is 14.0. The number of hydrogen-bond acceptors (Lipinski definition) is 6. The number of rotatable bonds is 7. The third-order valence-electron chi connectivity index (χ3n) is 5.18. The van der Waals surface area contributed by atoms with Crippen molar-refractivity contribution in [2.75, 3.05) is 10.5 Å². The molecule has 0 amide bonds. The normalized spacial score (nSPS) is 15.6. The number of pyridine rings is 1. The summed E-state index contributed by atoms with van der Waals surface area (Å²) in [6.45, 7) is 0. The van der Waals surface area contributed by atoms with E-state index in [2.05, 4.69) is 19.7 Å². The minimum atomic E-state index is -4.81. The van der Waals surface area contributed by atoms with Gasteiger partial charge in [-0.2, -0.15) is 13.2 Å². The van der Waals surface area contributed by atoms with Crippen molar-refractivity contribution in [1.82, 2.24) is 19.4 Å². The van der Waals surface area contributed by atoms with Gasteiger partial charge in [-0.25, -0.2) is 23.4 Å². The SMILES string of the molecule is O=S(=O)(CC1CC1)Nc1nc2ccccc2nc1OC(c1ccc2nccn2c1)C(F)(F)F. The van der Waals surface area contributed by atoms with Crippen molar-refractivity contribution in [3.05, 3.63) is 60.6 Å². The molecule has 5 rings (SSSR count). The molecule has 1 fully saturated rings. The fourth-order valence-electron chi connectivity index (χ4n) is 3.44. The van der Waals surface area contributed by atoms with Crippen LogP contribution in [0.4, 0.5) is 19.0 Å². The first-order valence-electron chi connectivity index (χ1n) is 10.1. The standard InChI is InChI=1S/C21H18F3N5O3S/c22-21(23,24)18(14-7-8-17-25-9-10-29(17)11-14)32-20-19(28-33(30,31)12-13-5-6-13)26-15-3-1-2-4-16(15)27-20/h1-4,7-11,13,18H,5-6,12H2,(H,26,28). The number of aromatic nitrogens is 4. The van der Waals surface area contributed by atoms with Crippen LogP contribution in [-0.4, -0.2) is 39.7 Å². The summed E-state index contributed by atoms with van der Waals surface area (Å²) in [5.41, 5.74) is 0.856. The lowest BCUT2D eigenvalue weighted by Crippen LogP contribution is -2.28. The van der Waals surface area contributed by atoms with Crippen LogP contribution >= 0.6 is 0 Å². The Bertz CT molecular complexity index is 1430. The average Bonchev–Trinajstić information content (AvgIpc) is 3.42. The molecule has 1 saturated carbocycles. The lowest BCUT2D eigenvalue weighted by atomic mass is 10.1. The highest BCUT2D eigenvalue weighted by atomic mass is 32.2. The van der Waals surface area contributed by atoms with Crippen LogP contribution in [0.5, 0.6) is 5.88 Å². The maximum absolute atomic E-state index is 14.0. The summed E-state index contributed by atoms with van der Waals surface area (Å²) in [7, 11) is -3.85.